The molecule has 1 aromatic heterocycles. The van der Waals surface area contributed by atoms with Crippen LogP contribution in [0.2, 0.25) is 0 Å². The Bertz CT molecular complexity index is 861. The Morgan fingerprint density at radius 2 is 1.92 bits per heavy atom. The first kappa shape index (κ1) is 16.7. The molecular weight excluding hydrogens is 325 g/mol. The van der Waals surface area contributed by atoms with Crippen molar-refractivity contribution in [2.24, 2.45) is 0 Å². The highest BCUT2D eigenvalue weighted by Gasteiger charge is 2.12. The fraction of sp³-hybridized carbons (Fsp3) is 0.105. The number of carbonyl (C=O) groups is 1. The molecule has 1 heterocycles. The Hall–Kier alpha value is -3.12. The van der Waals surface area contributed by atoms with Crippen LogP contribution in [0, 0.1) is 5.82 Å². The molecule has 0 saturated carbocycles. The molecule has 0 atom stereocenters. The quantitative estimate of drug-likeness (QED) is 0.718. The number of benzene rings is 2. The molecule has 0 radical (unpaired) electrons. The van der Waals surface area contributed by atoms with Gasteiger partial charge in [0.05, 0.1) is 6.61 Å². The van der Waals surface area contributed by atoms with Crippen molar-refractivity contribution in [1.82, 2.24) is 5.32 Å². The van der Waals surface area contributed by atoms with Crippen LogP contribution in [0.1, 0.15) is 21.7 Å². The lowest BCUT2D eigenvalue weighted by molar-refractivity contribution is 0.0918. The lowest BCUT2D eigenvalue weighted by Gasteiger charge is -2.06. The minimum Gasteiger partial charge on any atom is -0.426 e. The molecule has 0 unspecified atom stereocenters. The molecule has 0 aliphatic carbocycles. The first-order valence-corrected chi connectivity index (χ1v) is 7.65. The summed E-state index contributed by atoms with van der Waals surface area (Å²) >= 11 is 0. The van der Waals surface area contributed by atoms with Crippen LogP contribution < -0.4 is 10.1 Å². The standard InChI is InChI=1S/C19H16FNO4/c20-16-7-6-13(10-14(16)12-22)11-21-19(23)17-8-9-18(25-17)24-15-4-2-1-3-5-15/h1-10,22H,11-12H2,(H,21,23). The topological polar surface area (TPSA) is 71.7 Å². The highest BCUT2D eigenvalue weighted by atomic mass is 19.1. The zero-order chi connectivity index (χ0) is 17.6. The van der Waals surface area contributed by atoms with E-state index in [1.54, 1.807) is 24.3 Å². The maximum atomic E-state index is 13.3. The fourth-order valence-electron chi connectivity index (χ4n) is 2.23. The van der Waals surface area contributed by atoms with Crippen molar-refractivity contribution in [2.45, 2.75) is 13.2 Å². The predicted octanol–water partition coefficient (Wildman–Crippen LogP) is 3.63. The molecule has 0 aliphatic rings. The Morgan fingerprint density at radius 1 is 1.12 bits per heavy atom. The van der Waals surface area contributed by atoms with Gasteiger partial charge in [-0.1, -0.05) is 24.3 Å². The van der Waals surface area contributed by atoms with E-state index in [9.17, 15) is 9.18 Å². The summed E-state index contributed by atoms with van der Waals surface area (Å²) in [6.45, 7) is -0.215. The number of nitrogens with one attached hydrogen (secondary N) is 1. The van der Waals surface area contributed by atoms with Gasteiger partial charge in [0.1, 0.15) is 11.6 Å². The molecule has 0 fully saturated rings. The molecule has 0 saturated heterocycles. The molecule has 3 aromatic rings. The number of amides is 1. The van der Waals surface area contributed by atoms with Crippen LogP contribution in [0.25, 0.3) is 0 Å². The summed E-state index contributed by atoms with van der Waals surface area (Å²) in [7, 11) is 0. The van der Waals surface area contributed by atoms with Crippen LogP contribution in [-0.2, 0) is 13.2 Å². The van der Waals surface area contributed by atoms with E-state index >= 15 is 0 Å². The average Bonchev–Trinajstić information content (AvgIpc) is 3.10. The Morgan fingerprint density at radius 3 is 2.68 bits per heavy atom. The molecule has 6 heteroatoms. The van der Waals surface area contributed by atoms with Crippen LogP contribution in [0.5, 0.6) is 11.7 Å². The second-order valence-electron chi connectivity index (χ2n) is 5.30. The van der Waals surface area contributed by atoms with Crippen molar-refractivity contribution in [3.8, 4) is 11.7 Å². The summed E-state index contributed by atoms with van der Waals surface area (Å²) in [4.78, 5) is 12.1. The van der Waals surface area contributed by atoms with E-state index in [4.69, 9.17) is 14.3 Å². The molecule has 128 valence electrons. The maximum absolute atomic E-state index is 13.3. The number of hydrogen-bond acceptors (Lipinski definition) is 4. The van der Waals surface area contributed by atoms with Gasteiger partial charge in [0.25, 0.3) is 11.9 Å². The molecule has 0 aliphatic heterocycles. The smallest absolute Gasteiger partial charge is 0.290 e. The van der Waals surface area contributed by atoms with E-state index in [0.29, 0.717) is 11.3 Å². The van der Waals surface area contributed by atoms with Gasteiger partial charge >= 0.3 is 0 Å². The van der Waals surface area contributed by atoms with E-state index in [1.165, 1.54) is 18.2 Å². The molecule has 0 spiro atoms. The summed E-state index contributed by atoms with van der Waals surface area (Å²) in [5.74, 6) is 0.0203. The largest absolute Gasteiger partial charge is 0.426 e. The van der Waals surface area contributed by atoms with Crippen LogP contribution in [-0.4, -0.2) is 11.0 Å². The van der Waals surface area contributed by atoms with Gasteiger partial charge in [0.15, 0.2) is 5.76 Å². The van der Waals surface area contributed by atoms with Crippen molar-refractivity contribution in [3.63, 3.8) is 0 Å². The van der Waals surface area contributed by atoms with E-state index in [-0.39, 0.29) is 23.8 Å². The lowest BCUT2D eigenvalue weighted by atomic mass is 10.1. The second-order valence-corrected chi connectivity index (χ2v) is 5.30. The average molecular weight is 341 g/mol. The highest BCUT2D eigenvalue weighted by molar-refractivity contribution is 5.91. The number of furan rings is 1. The number of carbonyl (C=O) groups excluding carboxylic acids is 1. The molecule has 1 amide bonds. The molecule has 2 N–H and O–H groups in total. The minimum atomic E-state index is -0.480. The SMILES string of the molecule is O=C(NCc1ccc(F)c(CO)c1)c1ccc(Oc2ccccc2)o1. The zero-order valence-corrected chi connectivity index (χ0v) is 13.2. The number of ether oxygens (including phenoxy) is 1. The third-order valence-electron chi connectivity index (χ3n) is 3.50. The minimum absolute atomic E-state index is 0.107. The van der Waals surface area contributed by atoms with E-state index in [2.05, 4.69) is 5.32 Å². The fourth-order valence-corrected chi connectivity index (χ4v) is 2.23. The van der Waals surface area contributed by atoms with Crippen LogP contribution >= 0.6 is 0 Å². The van der Waals surface area contributed by atoms with Crippen molar-refractivity contribution in [1.29, 1.82) is 0 Å². The number of rotatable bonds is 6. The lowest BCUT2D eigenvalue weighted by Crippen LogP contribution is -2.22. The molecule has 3 rings (SSSR count). The van der Waals surface area contributed by atoms with Gasteiger partial charge in [-0.15, -0.1) is 0 Å². The van der Waals surface area contributed by atoms with Gasteiger partial charge in [-0.3, -0.25) is 4.79 Å². The molecular formula is C19H16FNO4. The van der Waals surface area contributed by atoms with Gasteiger partial charge in [0.2, 0.25) is 0 Å². The summed E-state index contributed by atoms with van der Waals surface area (Å²) < 4.78 is 24.2. The molecule has 2 aromatic carbocycles. The Balaban J connectivity index is 1.60. The summed E-state index contributed by atoms with van der Waals surface area (Å²) in [6.07, 6.45) is 0. The Kier molecular flexibility index (Phi) is 5.11. The van der Waals surface area contributed by atoms with Gasteiger partial charge in [-0.05, 0) is 35.9 Å². The normalized spacial score (nSPS) is 10.5. The third-order valence-corrected chi connectivity index (χ3v) is 3.50. The van der Waals surface area contributed by atoms with Crippen molar-refractivity contribution in [2.75, 3.05) is 0 Å². The zero-order valence-electron chi connectivity index (χ0n) is 13.2. The Labute approximate surface area is 143 Å². The summed E-state index contributed by atoms with van der Waals surface area (Å²) in [6, 6.07) is 16.4. The van der Waals surface area contributed by atoms with Crippen molar-refractivity contribution < 1.29 is 23.4 Å². The molecule has 0 bridgehead atoms. The number of aliphatic hydroxyl groups is 1. The number of para-hydroxylation sites is 1. The van der Waals surface area contributed by atoms with Gasteiger partial charge in [0, 0.05) is 18.2 Å². The first-order chi connectivity index (χ1) is 12.2. The van der Waals surface area contributed by atoms with Gasteiger partial charge in [-0.2, -0.15) is 0 Å². The monoisotopic (exact) mass is 341 g/mol. The van der Waals surface area contributed by atoms with Gasteiger partial charge < -0.3 is 19.6 Å². The summed E-state index contributed by atoms with van der Waals surface area (Å²) in [5.41, 5.74) is 0.856. The first-order valence-electron chi connectivity index (χ1n) is 7.65. The van der Waals surface area contributed by atoms with Gasteiger partial charge in [-0.25, -0.2) is 4.39 Å². The maximum Gasteiger partial charge on any atom is 0.290 e. The van der Waals surface area contributed by atoms with Crippen LogP contribution in [0.4, 0.5) is 4.39 Å². The van der Waals surface area contributed by atoms with E-state index in [1.807, 2.05) is 18.2 Å². The van der Waals surface area contributed by atoms with Crippen LogP contribution in [0.3, 0.4) is 0 Å². The van der Waals surface area contributed by atoms with Crippen LogP contribution in [0.15, 0.2) is 65.1 Å². The van der Waals surface area contributed by atoms with Crippen molar-refractivity contribution in [3.05, 3.63) is 83.4 Å². The second kappa shape index (κ2) is 7.63. The molecule has 25 heavy (non-hydrogen) atoms. The predicted molar refractivity (Wildman–Crippen MR) is 88.7 cm³/mol. The number of hydrogen-bond donors (Lipinski definition) is 2. The summed E-state index contributed by atoms with van der Waals surface area (Å²) in [5, 5.41) is 11.7. The van der Waals surface area contributed by atoms with E-state index in [0.717, 1.165) is 0 Å². The number of aliphatic hydroxyl groups excluding tert-OH is 1. The van der Waals surface area contributed by atoms with Crippen molar-refractivity contribution >= 4 is 5.91 Å². The highest BCUT2D eigenvalue weighted by Crippen LogP contribution is 2.23. The number of halogens is 1. The third kappa shape index (κ3) is 4.24. The molecule has 5 nitrogen and oxygen atoms in total. The van der Waals surface area contributed by atoms with E-state index < -0.39 is 18.3 Å².